The Bertz CT molecular complexity index is 547. The number of carbonyl (C=O) groups excluding carboxylic acids is 1. The minimum atomic E-state index is -4.65. The molecule has 0 bridgehead atoms. The minimum absolute atomic E-state index is 0.211. The van der Waals surface area contributed by atoms with E-state index in [-0.39, 0.29) is 5.56 Å². The topological polar surface area (TPSA) is 46.2 Å². The number of Topliss-reactive ketones (excluding diaryl/α,β-unsaturated/α-hetero) is 1. The number of nitrogens with one attached hydrogen (secondary N) is 1. The fourth-order valence-electron chi connectivity index (χ4n) is 1.57. The summed E-state index contributed by atoms with van der Waals surface area (Å²) >= 11 is 0. The minimum Gasteiger partial charge on any atom is -0.294 e. The lowest BCUT2D eigenvalue weighted by atomic mass is 10.0. The van der Waals surface area contributed by atoms with Crippen LogP contribution in [0.2, 0.25) is 0 Å². The summed E-state index contributed by atoms with van der Waals surface area (Å²) in [5.41, 5.74) is 1.12. The van der Waals surface area contributed by atoms with Crippen molar-refractivity contribution >= 4 is 16.8 Å². The average molecular weight is 335 g/mol. The second-order valence-electron chi connectivity index (χ2n) is 6.09. The molecule has 1 N–H and O–H groups in total. The van der Waals surface area contributed by atoms with Gasteiger partial charge >= 0.3 is 6.18 Å². The number of rotatable bonds is 5. The highest BCUT2D eigenvalue weighted by Gasteiger charge is 2.43. The molecular formula is C15H20F3NO2S. The van der Waals surface area contributed by atoms with Gasteiger partial charge in [0.2, 0.25) is 0 Å². The molecule has 22 heavy (non-hydrogen) atoms. The SMILES string of the molecule is Cc1ccc(C(=O)C[C@H](N[S@@](=O)C(C)(C)C)C(F)(F)F)cc1. The van der Waals surface area contributed by atoms with Gasteiger partial charge in [-0.05, 0) is 27.7 Å². The number of carbonyl (C=O) groups is 1. The molecule has 124 valence electrons. The van der Waals surface area contributed by atoms with Crippen LogP contribution in [-0.4, -0.2) is 27.0 Å². The van der Waals surface area contributed by atoms with Gasteiger partial charge in [-0.25, -0.2) is 8.93 Å². The molecule has 7 heteroatoms. The standard InChI is InChI=1S/C15H20F3NO2S/c1-10-5-7-11(8-6-10)12(20)9-13(15(16,17)18)19-22(21)14(2,3)4/h5-8,13,19H,9H2,1-4H3/t13-,22-/m0/s1. The first-order valence-electron chi connectivity index (χ1n) is 6.76. The van der Waals surface area contributed by atoms with Crippen molar-refractivity contribution in [3.8, 4) is 0 Å². The normalized spacial score (nSPS) is 15.4. The quantitative estimate of drug-likeness (QED) is 0.837. The molecule has 0 aliphatic rings. The lowest BCUT2D eigenvalue weighted by molar-refractivity contribution is -0.150. The third-order valence-electron chi connectivity index (χ3n) is 2.96. The Morgan fingerprint density at radius 2 is 1.68 bits per heavy atom. The Balaban J connectivity index is 2.88. The van der Waals surface area contributed by atoms with Crippen LogP contribution in [0.5, 0.6) is 0 Å². The van der Waals surface area contributed by atoms with Crippen LogP contribution in [0.4, 0.5) is 13.2 Å². The Kier molecular flexibility index (Phi) is 5.92. The molecule has 0 amide bonds. The maximum atomic E-state index is 13.1. The van der Waals surface area contributed by atoms with Crippen LogP contribution in [0.15, 0.2) is 24.3 Å². The fourth-order valence-corrected chi connectivity index (χ4v) is 2.40. The van der Waals surface area contributed by atoms with Crippen molar-refractivity contribution in [3.63, 3.8) is 0 Å². The van der Waals surface area contributed by atoms with Crippen molar-refractivity contribution in [1.82, 2.24) is 4.72 Å². The van der Waals surface area contributed by atoms with Gasteiger partial charge in [-0.15, -0.1) is 0 Å². The molecule has 3 nitrogen and oxygen atoms in total. The molecule has 1 aromatic carbocycles. The first kappa shape index (κ1) is 18.8. The van der Waals surface area contributed by atoms with E-state index in [9.17, 15) is 22.2 Å². The Morgan fingerprint density at radius 1 is 1.18 bits per heavy atom. The Hall–Kier alpha value is -1.21. The summed E-state index contributed by atoms with van der Waals surface area (Å²) in [7, 11) is -1.91. The Labute approximate surface area is 130 Å². The van der Waals surface area contributed by atoms with Crippen molar-refractivity contribution in [2.45, 2.75) is 51.1 Å². The van der Waals surface area contributed by atoms with Gasteiger partial charge in [-0.3, -0.25) is 4.79 Å². The second kappa shape index (κ2) is 6.91. The second-order valence-corrected chi connectivity index (χ2v) is 8.08. The molecule has 0 spiro atoms. The zero-order chi connectivity index (χ0) is 17.1. The van der Waals surface area contributed by atoms with Gasteiger partial charge in [0.25, 0.3) is 0 Å². The summed E-state index contributed by atoms with van der Waals surface area (Å²) in [6.07, 6.45) is -5.43. The molecule has 0 aliphatic heterocycles. The van der Waals surface area contributed by atoms with Crippen LogP contribution in [-0.2, 0) is 11.0 Å². The van der Waals surface area contributed by atoms with E-state index in [0.29, 0.717) is 0 Å². The van der Waals surface area contributed by atoms with Gasteiger partial charge in [-0.1, -0.05) is 29.8 Å². The molecule has 0 saturated heterocycles. The molecular weight excluding hydrogens is 315 g/mol. The number of benzene rings is 1. The van der Waals surface area contributed by atoms with Crippen molar-refractivity contribution in [1.29, 1.82) is 0 Å². The summed E-state index contributed by atoms with van der Waals surface area (Å²) in [6, 6.07) is 4.17. The largest absolute Gasteiger partial charge is 0.405 e. The predicted octanol–water partition coefficient (Wildman–Crippen LogP) is 3.55. The summed E-state index contributed by atoms with van der Waals surface area (Å²) in [6.45, 7) is 6.50. The van der Waals surface area contributed by atoms with E-state index in [0.717, 1.165) is 5.56 Å². The van der Waals surface area contributed by atoms with Crippen molar-refractivity contribution in [2.75, 3.05) is 0 Å². The first-order chi connectivity index (χ1) is 9.91. The monoisotopic (exact) mass is 335 g/mol. The van der Waals surface area contributed by atoms with E-state index in [1.165, 1.54) is 12.1 Å². The van der Waals surface area contributed by atoms with E-state index in [1.807, 2.05) is 11.6 Å². The van der Waals surface area contributed by atoms with Crippen molar-refractivity contribution < 1.29 is 22.2 Å². The van der Waals surface area contributed by atoms with E-state index in [1.54, 1.807) is 32.9 Å². The molecule has 0 aliphatic carbocycles. The lowest BCUT2D eigenvalue weighted by Gasteiger charge is -2.25. The maximum Gasteiger partial charge on any atom is 0.405 e. The highest BCUT2D eigenvalue weighted by atomic mass is 32.2. The van der Waals surface area contributed by atoms with Crippen LogP contribution in [0.25, 0.3) is 0 Å². The predicted molar refractivity (Wildman–Crippen MR) is 81.0 cm³/mol. The van der Waals surface area contributed by atoms with Crippen molar-refractivity contribution in [3.05, 3.63) is 35.4 Å². The van der Waals surface area contributed by atoms with Crippen LogP contribution in [0.1, 0.15) is 43.1 Å². The zero-order valence-corrected chi connectivity index (χ0v) is 13.8. The molecule has 0 unspecified atom stereocenters. The molecule has 2 atom stereocenters. The number of aryl methyl sites for hydroxylation is 1. The van der Waals surface area contributed by atoms with Crippen LogP contribution >= 0.6 is 0 Å². The number of hydrogen-bond donors (Lipinski definition) is 1. The van der Waals surface area contributed by atoms with E-state index < -0.39 is 40.2 Å². The summed E-state index contributed by atoms with van der Waals surface area (Å²) in [5, 5.41) is 0. The van der Waals surface area contributed by atoms with Gasteiger partial charge < -0.3 is 0 Å². The molecule has 0 heterocycles. The molecule has 0 radical (unpaired) electrons. The Morgan fingerprint density at radius 3 is 2.09 bits per heavy atom. The van der Waals surface area contributed by atoms with E-state index in [2.05, 4.69) is 0 Å². The number of halogens is 3. The highest BCUT2D eigenvalue weighted by Crippen LogP contribution is 2.25. The third kappa shape index (κ3) is 5.53. The van der Waals surface area contributed by atoms with Crippen LogP contribution in [0, 0.1) is 6.92 Å². The van der Waals surface area contributed by atoms with Gasteiger partial charge in [-0.2, -0.15) is 13.2 Å². The average Bonchev–Trinajstić information content (AvgIpc) is 2.36. The zero-order valence-electron chi connectivity index (χ0n) is 13.0. The van der Waals surface area contributed by atoms with E-state index in [4.69, 9.17) is 0 Å². The third-order valence-corrected chi connectivity index (χ3v) is 4.57. The summed E-state index contributed by atoms with van der Waals surface area (Å²) in [4.78, 5) is 12.0. The maximum absolute atomic E-state index is 13.1. The molecule has 1 aromatic rings. The highest BCUT2D eigenvalue weighted by molar-refractivity contribution is 7.84. The van der Waals surface area contributed by atoms with Crippen LogP contribution < -0.4 is 4.72 Å². The van der Waals surface area contributed by atoms with Gasteiger partial charge in [0, 0.05) is 12.0 Å². The van der Waals surface area contributed by atoms with Gasteiger partial charge in [0.1, 0.15) is 6.04 Å². The number of hydrogen-bond acceptors (Lipinski definition) is 2. The summed E-state index contributed by atoms with van der Waals surface area (Å²) < 4.78 is 52.2. The lowest BCUT2D eigenvalue weighted by Crippen LogP contribution is -2.48. The molecule has 0 saturated carbocycles. The van der Waals surface area contributed by atoms with Gasteiger partial charge in [0.15, 0.2) is 5.78 Å². The van der Waals surface area contributed by atoms with E-state index >= 15 is 0 Å². The molecule has 0 aromatic heterocycles. The number of alkyl halides is 3. The van der Waals surface area contributed by atoms with Crippen molar-refractivity contribution in [2.24, 2.45) is 0 Å². The number of ketones is 1. The fraction of sp³-hybridized carbons (Fsp3) is 0.533. The van der Waals surface area contributed by atoms with Crippen LogP contribution in [0.3, 0.4) is 0 Å². The summed E-state index contributed by atoms with van der Waals surface area (Å²) in [5.74, 6) is -0.638. The molecule has 1 rings (SSSR count). The van der Waals surface area contributed by atoms with Gasteiger partial charge in [0.05, 0.1) is 15.7 Å². The smallest absolute Gasteiger partial charge is 0.294 e. The first-order valence-corrected chi connectivity index (χ1v) is 7.91. The molecule has 0 fully saturated rings.